The van der Waals surface area contributed by atoms with Gasteiger partial charge in [-0.25, -0.2) is 4.98 Å². The quantitative estimate of drug-likeness (QED) is 0.559. The first-order chi connectivity index (χ1) is 13.1. The molecular formula is C22H24BrN3O. The number of imidazole rings is 1. The van der Waals surface area contributed by atoms with Crippen LogP contribution in [0.25, 0.3) is 16.7 Å². The van der Waals surface area contributed by atoms with E-state index >= 15 is 0 Å². The van der Waals surface area contributed by atoms with E-state index in [9.17, 15) is 4.79 Å². The van der Waals surface area contributed by atoms with Crippen LogP contribution in [0.5, 0.6) is 0 Å². The summed E-state index contributed by atoms with van der Waals surface area (Å²) in [5.74, 6) is 0.924. The molecule has 1 amide bonds. The third kappa shape index (κ3) is 3.93. The predicted octanol–water partition coefficient (Wildman–Crippen LogP) is 5.55. The van der Waals surface area contributed by atoms with Crippen molar-refractivity contribution in [1.29, 1.82) is 0 Å². The average molecular weight is 426 g/mol. The van der Waals surface area contributed by atoms with E-state index in [-0.39, 0.29) is 5.91 Å². The molecule has 1 aliphatic carbocycles. The Kier molecular flexibility index (Phi) is 5.30. The van der Waals surface area contributed by atoms with Gasteiger partial charge in [0.2, 0.25) is 0 Å². The highest BCUT2D eigenvalue weighted by Crippen LogP contribution is 2.24. The highest BCUT2D eigenvalue weighted by Gasteiger charge is 2.17. The van der Waals surface area contributed by atoms with Gasteiger partial charge in [-0.1, -0.05) is 41.6 Å². The summed E-state index contributed by atoms with van der Waals surface area (Å²) in [6.07, 6.45) is 7.16. The molecule has 0 spiro atoms. The molecule has 1 aromatic heterocycles. The molecule has 27 heavy (non-hydrogen) atoms. The normalized spacial score (nSPS) is 15.6. The van der Waals surface area contributed by atoms with E-state index in [1.807, 2.05) is 37.3 Å². The number of hydrogen-bond donors (Lipinski definition) is 1. The molecule has 2 aromatic carbocycles. The Hall–Kier alpha value is -2.14. The summed E-state index contributed by atoms with van der Waals surface area (Å²) in [6.45, 7) is 1.99. The third-order valence-electron chi connectivity index (χ3n) is 5.36. The lowest BCUT2D eigenvalue weighted by Gasteiger charge is -2.16. The van der Waals surface area contributed by atoms with Gasteiger partial charge in [0.25, 0.3) is 5.91 Å². The van der Waals surface area contributed by atoms with Gasteiger partial charge >= 0.3 is 0 Å². The fraction of sp³-hybridized carbons (Fsp3) is 0.364. The third-order valence-corrected chi connectivity index (χ3v) is 5.89. The molecule has 0 atom stereocenters. The molecule has 1 N–H and O–H groups in total. The second kappa shape index (κ2) is 7.85. The number of carbonyl (C=O) groups is 1. The second-order valence-corrected chi connectivity index (χ2v) is 8.25. The van der Waals surface area contributed by atoms with E-state index in [4.69, 9.17) is 0 Å². The zero-order chi connectivity index (χ0) is 18.8. The van der Waals surface area contributed by atoms with Crippen molar-refractivity contribution in [3.8, 4) is 5.69 Å². The number of aryl methyl sites for hydroxylation is 1. The molecule has 0 bridgehead atoms. The highest BCUT2D eigenvalue weighted by molar-refractivity contribution is 9.10. The molecule has 1 aliphatic rings. The van der Waals surface area contributed by atoms with Gasteiger partial charge in [-0.2, -0.15) is 0 Å². The van der Waals surface area contributed by atoms with E-state index in [1.165, 1.54) is 25.7 Å². The van der Waals surface area contributed by atoms with Crippen LogP contribution in [0, 0.1) is 6.92 Å². The van der Waals surface area contributed by atoms with Crippen LogP contribution in [0.1, 0.15) is 54.7 Å². The lowest BCUT2D eigenvalue weighted by Crippen LogP contribution is -2.34. The minimum absolute atomic E-state index is 0.0136. The molecule has 0 aliphatic heterocycles. The summed E-state index contributed by atoms with van der Waals surface area (Å²) in [5.41, 5.74) is 3.62. The lowest BCUT2D eigenvalue weighted by atomic mass is 10.1. The maximum atomic E-state index is 12.7. The summed E-state index contributed by atoms with van der Waals surface area (Å²) in [7, 11) is 0. The van der Waals surface area contributed by atoms with Crippen LogP contribution >= 0.6 is 15.9 Å². The Morgan fingerprint density at radius 1 is 1.07 bits per heavy atom. The Morgan fingerprint density at radius 3 is 2.48 bits per heavy atom. The molecule has 140 valence electrons. The van der Waals surface area contributed by atoms with Gasteiger partial charge in [0, 0.05) is 21.8 Å². The number of nitrogens with one attached hydrogen (secondary N) is 1. The molecule has 4 rings (SSSR count). The molecule has 3 aromatic rings. The zero-order valence-electron chi connectivity index (χ0n) is 15.5. The van der Waals surface area contributed by atoms with E-state index in [1.54, 1.807) is 0 Å². The monoisotopic (exact) mass is 425 g/mol. The van der Waals surface area contributed by atoms with Gasteiger partial charge in [-0.15, -0.1) is 0 Å². The standard InChI is InChI=1S/C22H24BrN3O/c1-15-24-20-14-16(22(27)25-18-6-4-2-3-5-7-18)8-13-21(20)26(15)19-11-9-17(23)10-12-19/h8-14,18H,2-7H2,1H3,(H,25,27). The zero-order valence-corrected chi connectivity index (χ0v) is 17.1. The summed E-state index contributed by atoms with van der Waals surface area (Å²) in [5, 5.41) is 3.22. The van der Waals surface area contributed by atoms with Crippen LogP contribution in [0.2, 0.25) is 0 Å². The van der Waals surface area contributed by atoms with Crippen LogP contribution in [0.15, 0.2) is 46.9 Å². The first kappa shape index (κ1) is 18.2. The number of benzene rings is 2. The van der Waals surface area contributed by atoms with Crippen molar-refractivity contribution < 1.29 is 4.79 Å². The second-order valence-electron chi connectivity index (χ2n) is 7.34. The molecule has 1 saturated carbocycles. The van der Waals surface area contributed by atoms with Crippen molar-refractivity contribution in [3.63, 3.8) is 0 Å². The number of fused-ring (bicyclic) bond motifs is 1. The van der Waals surface area contributed by atoms with Crippen molar-refractivity contribution >= 4 is 32.9 Å². The Balaban J connectivity index is 1.61. The van der Waals surface area contributed by atoms with Crippen molar-refractivity contribution in [1.82, 2.24) is 14.9 Å². The SMILES string of the molecule is Cc1nc2cc(C(=O)NC3CCCCCC3)ccc2n1-c1ccc(Br)cc1. The minimum atomic E-state index is 0.0136. The number of nitrogens with zero attached hydrogens (tertiary/aromatic N) is 2. The minimum Gasteiger partial charge on any atom is -0.349 e. The first-order valence-corrected chi connectivity index (χ1v) is 10.5. The number of carbonyl (C=O) groups excluding carboxylic acids is 1. The molecule has 0 radical (unpaired) electrons. The fourth-order valence-electron chi connectivity index (χ4n) is 3.95. The van der Waals surface area contributed by atoms with E-state index in [0.29, 0.717) is 11.6 Å². The van der Waals surface area contributed by atoms with Gasteiger partial charge in [-0.3, -0.25) is 9.36 Å². The highest BCUT2D eigenvalue weighted by atomic mass is 79.9. The molecule has 1 fully saturated rings. The van der Waals surface area contributed by atoms with E-state index < -0.39 is 0 Å². The lowest BCUT2D eigenvalue weighted by molar-refractivity contribution is 0.0933. The number of rotatable bonds is 3. The van der Waals surface area contributed by atoms with Crippen LogP contribution < -0.4 is 5.32 Å². The molecular weight excluding hydrogens is 402 g/mol. The van der Waals surface area contributed by atoms with Crippen molar-refractivity contribution in [3.05, 3.63) is 58.3 Å². The summed E-state index contributed by atoms with van der Waals surface area (Å²) in [6, 6.07) is 14.3. The largest absolute Gasteiger partial charge is 0.349 e. The molecule has 0 unspecified atom stereocenters. The summed E-state index contributed by atoms with van der Waals surface area (Å²) in [4.78, 5) is 17.4. The van der Waals surface area contributed by atoms with Gasteiger partial charge in [-0.05, 0) is 62.2 Å². The Labute approximate surface area is 168 Å². The Morgan fingerprint density at radius 2 is 1.78 bits per heavy atom. The molecule has 0 saturated heterocycles. The van der Waals surface area contributed by atoms with Gasteiger partial charge in [0.15, 0.2) is 0 Å². The Bertz CT molecular complexity index is 954. The predicted molar refractivity (Wildman–Crippen MR) is 112 cm³/mol. The molecule has 1 heterocycles. The summed E-state index contributed by atoms with van der Waals surface area (Å²) >= 11 is 3.48. The number of halogens is 1. The molecule has 5 heteroatoms. The van der Waals surface area contributed by atoms with Gasteiger partial charge in [0.05, 0.1) is 11.0 Å². The number of amides is 1. The van der Waals surface area contributed by atoms with Crippen LogP contribution in [-0.4, -0.2) is 21.5 Å². The van der Waals surface area contributed by atoms with Crippen molar-refractivity contribution in [2.24, 2.45) is 0 Å². The van der Waals surface area contributed by atoms with Crippen molar-refractivity contribution in [2.45, 2.75) is 51.5 Å². The van der Waals surface area contributed by atoms with E-state index in [0.717, 1.165) is 39.9 Å². The smallest absolute Gasteiger partial charge is 0.251 e. The van der Waals surface area contributed by atoms with Gasteiger partial charge < -0.3 is 5.32 Å². The number of aromatic nitrogens is 2. The van der Waals surface area contributed by atoms with E-state index in [2.05, 4.69) is 42.9 Å². The maximum Gasteiger partial charge on any atom is 0.251 e. The van der Waals surface area contributed by atoms with Crippen LogP contribution in [0.4, 0.5) is 0 Å². The first-order valence-electron chi connectivity index (χ1n) is 9.68. The topological polar surface area (TPSA) is 46.9 Å². The maximum absolute atomic E-state index is 12.7. The van der Waals surface area contributed by atoms with Crippen LogP contribution in [-0.2, 0) is 0 Å². The van der Waals surface area contributed by atoms with Crippen LogP contribution in [0.3, 0.4) is 0 Å². The molecule has 4 nitrogen and oxygen atoms in total. The van der Waals surface area contributed by atoms with Gasteiger partial charge in [0.1, 0.15) is 5.82 Å². The average Bonchev–Trinajstić information content (AvgIpc) is 2.81. The summed E-state index contributed by atoms with van der Waals surface area (Å²) < 4.78 is 3.17. The fourth-order valence-corrected chi connectivity index (χ4v) is 4.21. The number of hydrogen-bond acceptors (Lipinski definition) is 2. The van der Waals surface area contributed by atoms with Crippen molar-refractivity contribution in [2.75, 3.05) is 0 Å².